The second-order valence-corrected chi connectivity index (χ2v) is 7.64. The average molecular weight is 420 g/mol. The van der Waals surface area contributed by atoms with Crippen LogP contribution in [0.1, 0.15) is 30.0 Å². The van der Waals surface area contributed by atoms with Crippen molar-refractivity contribution >= 4 is 16.9 Å². The van der Waals surface area contributed by atoms with Gasteiger partial charge in [-0.05, 0) is 56.3 Å². The molecule has 0 atom stereocenters. The van der Waals surface area contributed by atoms with Gasteiger partial charge in [-0.3, -0.25) is 9.69 Å². The molecule has 3 aromatic rings. The predicted octanol–water partition coefficient (Wildman–Crippen LogP) is 3.71. The van der Waals surface area contributed by atoms with Crippen LogP contribution in [-0.4, -0.2) is 33.4 Å². The van der Waals surface area contributed by atoms with Crippen LogP contribution >= 0.6 is 0 Å². The van der Waals surface area contributed by atoms with Crippen molar-refractivity contribution in [2.24, 2.45) is 13.0 Å². The molecular weight excluding hydrogens is 397 g/mol. The molecule has 30 heavy (non-hydrogen) atoms. The van der Waals surface area contributed by atoms with Gasteiger partial charge in [-0.1, -0.05) is 0 Å². The van der Waals surface area contributed by atoms with E-state index in [4.69, 9.17) is 4.42 Å². The summed E-state index contributed by atoms with van der Waals surface area (Å²) in [5, 5.41) is 2.89. The zero-order valence-electron chi connectivity index (χ0n) is 16.6. The number of piperidine rings is 1. The van der Waals surface area contributed by atoms with E-state index >= 15 is 0 Å². The van der Waals surface area contributed by atoms with Crippen molar-refractivity contribution in [2.45, 2.75) is 32.1 Å². The fourth-order valence-electron chi connectivity index (χ4n) is 3.87. The molecule has 6 nitrogen and oxygen atoms in total. The molecule has 9 heteroatoms. The van der Waals surface area contributed by atoms with E-state index < -0.39 is 11.7 Å². The number of carbonyl (C=O) groups excluding carboxylic acids is 1. The summed E-state index contributed by atoms with van der Waals surface area (Å²) in [6.45, 7) is 2.54. The number of aromatic nitrogens is 2. The minimum Gasteiger partial charge on any atom is -0.468 e. The molecule has 1 fully saturated rings. The van der Waals surface area contributed by atoms with Crippen molar-refractivity contribution in [1.82, 2.24) is 19.8 Å². The number of likely N-dealkylation sites (tertiary alicyclic amines) is 1. The van der Waals surface area contributed by atoms with Crippen molar-refractivity contribution < 1.29 is 22.4 Å². The summed E-state index contributed by atoms with van der Waals surface area (Å²) in [6, 6.07) is 7.29. The minimum absolute atomic E-state index is 0.0457. The molecule has 2 aromatic heterocycles. The zero-order valence-corrected chi connectivity index (χ0v) is 16.6. The Kier molecular flexibility index (Phi) is 5.55. The van der Waals surface area contributed by atoms with E-state index in [0.29, 0.717) is 11.3 Å². The summed E-state index contributed by atoms with van der Waals surface area (Å²) in [7, 11) is 1.73. The fraction of sp³-hybridized carbons (Fsp3) is 0.429. The summed E-state index contributed by atoms with van der Waals surface area (Å²) in [5.74, 6) is 1.31. The Bertz CT molecular complexity index is 1020. The molecule has 0 spiro atoms. The molecule has 1 aromatic carbocycles. The van der Waals surface area contributed by atoms with Crippen LogP contribution in [0.15, 0.2) is 41.0 Å². The molecule has 1 aliphatic rings. The van der Waals surface area contributed by atoms with Gasteiger partial charge in [0.1, 0.15) is 11.6 Å². The molecule has 1 aliphatic heterocycles. The number of amides is 1. The van der Waals surface area contributed by atoms with Crippen LogP contribution in [0.4, 0.5) is 13.2 Å². The normalized spacial score (nSPS) is 16.3. The van der Waals surface area contributed by atoms with Gasteiger partial charge in [0.25, 0.3) is 0 Å². The maximum atomic E-state index is 12.9. The number of benzene rings is 1. The molecule has 160 valence electrons. The number of alkyl halides is 3. The van der Waals surface area contributed by atoms with Crippen molar-refractivity contribution in [1.29, 1.82) is 0 Å². The van der Waals surface area contributed by atoms with Gasteiger partial charge in [-0.2, -0.15) is 13.2 Å². The lowest BCUT2D eigenvalue weighted by molar-refractivity contribution is -0.137. The number of hydrogen-bond donors (Lipinski definition) is 1. The number of nitrogens with zero attached hydrogens (tertiary/aromatic N) is 3. The number of imidazole rings is 1. The van der Waals surface area contributed by atoms with Crippen molar-refractivity contribution in [2.75, 3.05) is 13.1 Å². The lowest BCUT2D eigenvalue weighted by Crippen LogP contribution is -2.40. The first-order valence-corrected chi connectivity index (χ1v) is 9.86. The van der Waals surface area contributed by atoms with E-state index in [-0.39, 0.29) is 23.9 Å². The van der Waals surface area contributed by atoms with E-state index in [9.17, 15) is 18.0 Å². The molecule has 1 N–H and O–H groups in total. The van der Waals surface area contributed by atoms with Crippen molar-refractivity contribution in [3.05, 3.63) is 53.7 Å². The quantitative estimate of drug-likeness (QED) is 0.684. The van der Waals surface area contributed by atoms with Gasteiger partial charge in [0.05, 0.1) is 35.9 Å². The number of fused-ring (bicyclic) bond motifs is 1. The second-order valence-electron chi connectivity index (χ2n) is 7.64. The summed E-state index contributed by atoms with van der Waals surface area (Å²) >= 11 is 0. The topological polar surface area (TPSA) is 63.3 Å². The maximum Gasteiger partial charge on any atom is 0.416 e. The third kappa shape index (κ3) is 4.35. The zero-order chi connectivity index (χ0) is 21.3. The number of halogens is 3. The monoisotopic (exact) mass is 420 g/mol. The predicted molar refractivity (Wildman–Crippen MR) is 104 cm³/mol. The van der Waals surface area contributed by atoms with E-state index in [1.54, 1.807) is 17.9 Å². The Morgan fingerprint density at radius 1 is 1.27 bits per heavy atom. The van der Waals surface area contributed by atoms with Crippen LogP contribution < -0.4 is 5.32 Å². The average Bonchev–Trinajstić information content (AvgIpc) is 3.33. The first-order valence-electron chi connectivity index (χ1n) is 9.86. The van der Waals surface area contributed by atoms with Crippen LogP contribution in [0.5, 0.6) is 0 Å². The smallest absolute Gasteiger partial charge is 0.416 e. The summed E-state index contributed by atoms with van der Waals surface area (Å²) in [5.41, 5.74) is 0.131. The van der Waals surface area contributed by atoms with Gasteiger partial charge in [0.15, 0.2) is 0 Å². The molecular formula is C21H23F3N4O2. The number of furan rings is 1. The van der Waals surface area contributed by atoms with E-state index in [1.807, 2.05) is 12.1 Å². The minimum atomic E-state index is -4.41. The van der Waals surface area contributed by atoms with Gasteiger partial charge in [-0.15, -0.1) is 0 Å². The lowest BCUT2D eigenvalue weighted by atomic mass is 9.96. The third-order valence-electron chi connectivity index (χ3n) is 5.64. The van der Waals surface area contributed by atoms with Crippen LogP contribution in [-0.2, 0) is 31.1 Å². The molecule has 0 saturated carbocycles. The summed E-state index contributed by atoms with van der Waals surface area (Å²) < 4.78 is 45.8. The van der Waals surface area contributed by atoms with E-state index in [1.165, 1.54) is 6.07 Å². The van der Waals surface area contributed by atoms with Crippen LogP contribution in [0.25, 0.3) is 11.0 Å². The van der Waals surface area contributed by atoms with Gasteiger partial charge < -0.3 is 14.3 Å². The first kappa shape index (κ1) is 20.5. The Morgan fingerprint density at radius 3 is 2.70 bits per heavy atom. The van der Waals surface area contributed by atoms with Gasteiger partial charge >= 0.3 is 6.18 Å². The van der Waals surface area contributed by atoms with Crippen LogP contribution in [0.3, 0.4) is 0 Å². The third-order valence-corrected chi connectivity index (χ3v) is 5.64. The van der Waals surface area contributed by atoms with Gasteiger partial charge in [-0.25, -0.2) is 4.98 Å². The lowest BCUT2D eigenvalue weighted by Gasteiger charge is -2.30. The van der Waals surface area contributed by atoms with Crippen LogP contribution in [0, 0.1) is 5.92 Å². The van der Waals surface area contributed by atoms with Crippen molar-refractivity contribution in [3.8, 4) is 0 Å². The molecule has 1 amide bonds. The highest BCUT2D eigenvalue weighted by molar-refractivity contribution is 5.79. The number of rotatable bonds is 5. The first-order chi connectivity index (χ1) is 14.3. The van der Waals surface area contributed by atoms with E-state index in [2.05, 4.69) is 15.2 Å². The molecule has 4 rings (SSSR count). The highest BCUT2D eigenvalue weighted by Crippen LogP contribution is 2.31. The van der Waals surface area contributed by atoms with Gasteiger partial charge in [0, 0.05) is 13.0 Å². The highest BCUT2D eigenvalue weighted by atomic mass is 19.4. The molecule has 3 heterocycles. The number of nitrogens with one attached hydrogen (secondary N) is 1. The van der Waals surface area contributed by atoms with Gasteiger partial charge in [0.2, 0.25) is 5.91 Å². The maximum absolute atomic E-state index is 12.9. The molecule has 0 aliphatic carbocycles. The summed E-state index contributed by atoms with van der Waals surface area (Å²) in [6.07, 6.45) is -1.25. The highest BCUT2D eigenvalue weighted by Gasteiger charge is 2.31. The SMILES string of the molecule is Cn1c(CNC(=O)C2CCN(Cc3ccco3)CC2)nc2cc(C(F)(F)F)ccc21. The Labute approximate surface area is 171 Å². The fourth-order valence-corrected chi connectivity index (χ4v) is 3.87. The standard InChI is InChI=1S/C21H23F3N4O2/c1-27-18-5-4-15(21(22,23)24)11-17(18)26-19(27)12-25-20(29)14-6-8-28(9-7-14)13-16-3-2-10-30-16/h2-5,10-11,14H,6-9,12-13H2,1H3,(H,25,29). The second kappa shape index (κ2) is 8.14. The Morgan fingerprint density at radius 2 is 2.03 bits per heavy atom. The number of carbonyl (C=O) groups is 1. The molecule has 0 bridgehead atoms. The van der Waals surface area contributed by atoms with Crippen molar-refractivity contribution in [3.63, 3.8) is 0 Å². The number of hydrogen-bond acceptors (Lipinski definition) is 4. The molecule has 0 unspecified atom stereocenters. The molecule has 0 radical (unpaired) electrons. The molecule has 1 saturated heterocycles. The Hall–Kier alpha value is -2.81. The van der Waals surface area contributed by atoms with E-state index in [0.717, 1.165) is 50.4 Å². The van der Waals surface area contributed by atoms with Crippen LogP contribution in [0.2, 0.25) is 0 Å². The Balaban J connectivity index is 1.34. The summed E-state index contributed by atoms with van der Waals surface area (Å²) in [4.78, 5) is 19.1. The largest absolute Gasteiger partial charge is 0.468 e. The number of aryl methyl sites for hydroxylation is 1.